The van der Waals surface area contributed by atoms with E-state index in [1.165, 1.54) is 0 Å². The molecule has 1 saturated carbocycles. The molecule has 0 radical (unpaired) electrons. The normalized spacial score (nSPS) is 24.9. The number of hydrogen-bond acceptors (Lipinski definition) is 1. The molecule has 1 aliphatic rings. The van der Waals surface area contributed by atoms with Gasteiger partial charge in [-0.15, -0.1) is 11.6 Å². The molecule has 19 heavy (non-hydrogen) atoms. The zero-order valence-electron chi connectivity index (χ0n) is 10.9. The van der Waals surface area contributed by atoms with Crippen molar-refractivity contribution in [3.8, 4) is 5.75 Å². The minimum Gasteiger partial charge on any atom is -0.487 e. The molecular weight excluding hydrogens is 459 g/mol. The molecule has 1 nitrogen and oxygen atoms in total. The molecule has 0 aromatic heterocycles. The van der Waals surface area contributed by atoms with Crippen LogP contribution in [0.4, 0.5) is 0 Å². The molecule has 0 spiro atoms. The zero-order valence-corrected chi connectivity index (χ0v) is 16.4. The summed E-state index contributed by atoms with van der Waals surface area (Å²) in [5.74, 6) is 0.864. The van der Waals surface area contributed by atoms with Gasteiger partial charge < -0.3 is 4.74 Å². The lowest BCUT2D eigenvalue weighted by Crippen LogP contribution is -2.56. The summed E-state index contributed by atoms with van der Waals surface area (Å²) in [5.41, 5.74) is 0.105. The maximum Gasteiger partial charge on any atom is 0.148 e. The lowest BCUT2D eigenvalue weighted by atomic mass is 9.62. The number of benzene rings is 1. The Morgan fingerprint density at radius 3 is 2.16 bits per heavy atom. The van der Waals surface area contributed by atoms with Gasteiger partial charge in [0, 0.05) is 21.7 Å². The number of ether oxygens (including phenoxy) is 1. The fourth-order valence-electron chi connectivity index (χ4n) is 2.80. The number of halogens is 4. The third kappa shape index (κ3) is 2.88. The molecule has 1 fully saturated rings. The van der Waals surface area contributed by atoms with Crippen LogP contribution >= 0.6 is 59.4 Å². The van der Waals surface area contributed by atoms with E-state index in [0.29, 0.717) is 0 Å². The van der Waals surface area contributed by atoms with Crippen molar-refractivity contribution in [1.29, 1.82) is 0 Å². The summed E-state index contributed by atoms with van der Waals surface area (Å²) in [7, 11) is 0. The van der Waals surface area contributed by atoms with E-state index in [1.807, 2.05) is 12.1 Å². The monoisotopic (exact) mass is 472 g/mol. The van der Waals surface area contributed by atoms with E-state index in [9.17, 15) is 0 Å². The van der Waals surface area contributed by atoms with Crippen LogP contribution in [0.25, 0.3) is 0 Å². The lowest BCUT2D eigenvalue weighted by molar-refractivity contribution is -0.0470. The fraction of sp³-hybridized carbons (Fsp3) is 0.571. The Morgan fingerprint density at radius 2 is 1.74 bits per heavy atom. The largest absolute Gasteiger partial charge is 0.487 e. The molecule has 0 saturated heterocycles. The molecule has 5 heteroatoms. The zero-order chi connectivity index (χ0) is 14.2. The van der Waals surface area contributed by atoms with E-state index in [2.05, 4.69) is 61.6 Å². The Labute approximate surface area is 144 Å². The molecule has 0 amide bonds. The van der Waals surface area contributed by atoms with Crippen LogP contribution in [0.2, 0.25) is 0 Å². The van der Waals surface area contributed by atoms with E-state index in [-0.39, 0.29) is 16.9 Å². The summed E-state index contributed by atoms with van der Waals surface area (Å²) in [6.45, 7) is 4.39. The van der Waals surface area contributed by atoms with Gasteiger partial charge in [-0.25, -0.2) is 0 Å². The second-order valence-electron chi connectivity index (χ2n) is 4.95. The van der Waals surface area contributed by atoms with Gasteiger partial charge in [0.15, 0.2) is 0 Å². The van der Waals surface area contributed by atoms with Crippen LogP contribution in [0, 0.1) is 5.41 Å². The van der Waals surface area contributed by atoms with Gasteiger partial charge in [0.1, 0.15) is 11.9 Å². The first-order chi connectivity index (χ1) is 8.94. The van der Waals surface area contributed by atoms with Crippen molar-refractivity contribution in [2.75, 3.05) is 0 Å². The van der Waals surface area contributed by atoms with Gasteiger partial charge in [0.2, 0.25) is 0 Å². The SMILES string of the molecule is CCC1(CC)C(Cl)CC1Oc1c(Br)cc(Br)cc1Br. The molecular formula is C14H16Br3ClO. The Bertz CT molecular complexity index is 451. The highest BCUT2D eigenvalue weighted by Crippen LogP contribution is 2.53. The lowest BCUT2D eigenvalue weighted by Gasteiger charge is -2.52. The minimum absolute atomic E-state index is 0.105. The van der Waals surface area contributed by atoms with Crippen molar-refractivity contribution in [3.05, 3.63) is 25.6 Å². The fourth-order valence-corrected chi connectivity index (χ4v) is 5.85. The third-order valence-corrected chi connectivity index (χ3v) is 6.47. The quantitative estimate of drug-likeness (QED) is 0.450. The molecule has 2 atom stereocenters. The highest BCUT2D eigenvalue weighted by molar-refractivity contribution is 9.11. The van der Waals surface area contributed by atoms with Crippen molar-refractivity contribution in [3.63, 3.8) is 0 Å². The molecule has 1 aromatic carbocycles. The molecule has 0 heterocycles. The second kappa shape index (κ2) is 6.25. The summed E-state index contributed by atoms with van der Waals surface area (Å²) in [6.07, 6.45) is 3.21. The van der Waals surface area contributed by atoms with Crippen LogP contribution in [-0.2, 0) is 0 Å². The summed E-state index contributed by atoms with van der Waals surface area (Å²) in [6, 6.07) is 3.99. The van der Waals surface area contributed by atoms with Crippen molar-refractivity contribution < 1.29 is 4.74 Å². The van der Waals surface area contributed by atoms with Gasteiger partial charge in [-0.1, -0.05) is 29.8 Å². The molecule has 2 unspecified atom stereocenters. The Kier molecular flexibility index (Phi) is 5.30. The van der Waals surface area contributed by atoms with Gasteiger partial charge in [-0.05, 0) is 56.8 Å². The number of rotatable bonds is 4. The average molecular weight is 475 g/mol. The predicted octanol–water partition coefficient (Wildman–Crippen LogP) is 6.54. The molecule has 0 aliphatic heterocycles. The van der Waals surface area contributed by atoms with Crippen LogP contribution in [-0.4, -0.2) is 11.5 Å². The van der Waals surface area contributed by atoms with Crippen LogP contribution in [0.15, 0.2) is 25.6 Å². The molecule has 106 valence electrons. The number of hydrogen-bond donors (Lipinski definition) is 0. The Hall–Kier alpha value is 0.750. The standard InChI is InChI=1S/C14H16Br3ClO/c1-3-14(4-2)11(18)7-12(14)19-13-9(16)5-8(15)6-10(13)17/h5-6,11-12H,3-4,7H2,1-2H3. The summed E-state index contributed by atoms with van der Waals surface area (Å²) in [5, 5.41) is 0.223. The van der Waals surface area contributed by atoms with E-state index < -0.39 is 0 Å². The highest BCUT2D eigenvalue weighted by Gasteiger charge is 2.53. The summed E-state index contributed by atoms with van der Waals surface area (Å²) >= 11 is 17.0. The first-order valence-corrected chi connectivity index (χ1v) is 9.21. The molecule has 0 N–H and O–H groups in total. The van der Waals surface area contributed by atoms with Crippen LogP contribution in [0.5, 0.6) is 5.75 Å². The Balaban J connectivity index is 2.23. The van der Waals surface area contributed by atoms with Crippen LogP contribution < -0.4 is 4.74 Å². The topological polar surface area (TPSA) is 9.23 Å². The van der Waals surface area contributed by atoms with Crippen molar-refractivity contribution in [1.82, 2.24) is 0 Å². The molecule has 0 bridgehead atoms. The van der Waals surface area contributed by atoms with E-state index in [1.54, 1.807) is 0 Å². The molecule has 1 aliphatic carbocycles. The maximum absolute atomic E-state index is 6.43. The van der Waals surface area contributed by atoms with Crippen molar-refractivity contribution >= 4 is 59.4 Å². The number of alkyl halides is 1. The van der Waals surface area contributed by atoms with E-state index in [0.717, 1.165) is 38.4 Å². The van der Waals surface area contributed by atoms with Gasteiger partial charge >= 0.3 is 0 Å². The average Bonchev–Trinajstić information content (AvgIpc) is 2.33. The minimum atomic E-state index is 0.105. The van der Waals surface area contributed by atoms with Gasteiger partial charge in [0.05, 0.1) is 8.95 Å². The van der Waals surface area contributed by atoms with Crippen LogP contribution in [0.1, 0.15) is 33.1 Å². The smallest absolute Gasteiger partial charge is 0.148 e. The van der Waals surface area contributed by atoms with Crippen molar-refractivity contribution in [2.45, 2.75) is 44.6 Å². The van der Waals surface area contributed by atoms with Crippen LogP contribution in [0.3, 0.4) is 0 Å². The van der Waals surface area contributed by atoms with Gasteiger partial charge in [-0.2, -0.15) is 0 Å². The summed E-state index contributed by atoms with van der Waals surface area (Å²) in [4.78, 5) is 0. The maximum atomic E-state index is 6.43. The Morgan fingerprint density at radius 1 is 1.21 bits per heavy atom. The molecule has 1 aromatic rings. The first-order valence-electron chi connectivity index (χ1n) is 6.39. The second-order valence-corrected chi connectivity index (χ2v) is 8.10. The predicted molar refractivity (Wildman–Crippen MR) is 91.2 cm³/mol. The van der Waals surface area contributed by atoms with Gasteiger partial charge in [-0.3, -0.25) is 0 Å². The first kappa shape index (κ1) is 16.1. The van der Waals surface area contributed by atoms with E-state index >= 15 is 0 Å². The molecule has 2 rings (SSSR count). The third-order valence-electron chi connectivity index (χ3n) is 4.23. The van der Waals surface area contributed by atoms with E-state index in [4.69, 9.17) is 16.3 Å². The highest BCUT2D eigenvalue weighted by atomic mass is 79.9. The summed E-state index contributed by atoms with van der Waals surface area (Å²) < 4.78 is 9.15. The van der Waals surface area contributed by atoms with Crippen molar-refractivity contribution in [2.24, 2.45) is 5.41 Å². The van der Waals surface area contributed by atoms with Gasteiger partial charge in [0.25, 0.3) is 0 Å².